The van der Waals surface area contributed by atoms with Gasteiger partial charge in [0, 0.05) is 23.1 Å². The number of fused-ring (bicyclic) bond motifs is 3. The SMILES string of the molecule is CC1CCc2c(oc3ccc(NS(=O)(=O)c4ccccc4)cc23)C1. The second kappa shape index (κ2) is 5.67. The molecule has 1 heterocycles. The summed E-state index contributed by atoms with van der Waals surface area (Å²) in [6, 6.07) is 13.9. The lowest BCUT2D eigenvalue weighted by molar-refractivity contribution is 0.426. The first kappa shape index (κ1) is 15.3. The van der Waals surface area contributed by atoms with Crippen LogP contribution in [0.15, 0.2) is 57.8 Å². The van der Waals surface area contributed by atoms with Gasteiger partial charge in [-0.25, -0.2) is 8.42 Å². The van der Waals surface area contributed by atoms with Gasteiger partial charge in [-0.1, -0.05) is 25.1 Å². The summed E-state index contributed by atoms with van der Waals surface area (Å²) in [5.74, 6) is 1.68. The molecular formula is C19H19NO3S. The minimum absolute atomic E-state index is 0.258. The van der Waals surface area contributed by atoms with Crippen LogP contribution in [0.4, 0.5) is 5.69 Å². The number of aryl methyl sites for hydroxylation is 1. The Bertz CT molecular complexity index is 990. The van der Waals surface area contributed by atoms with Gasteiger partial charge in [-0.2, -0.15) is 0 Å². The Hall–Kier alpha value is -2.27. The molecule has 3 aromatic rings. The van der Waals surface area contributed by atoms with E-state index in [0.29, 0.717) is 11.6 Å². The van der Waals surface area contributed by atoms with Crippen molar-refractivity contribution >= 4 is 26.7 Å². The predicted octanol–water partition coefficient (Wildman–Crippen LogP) is 4.36. The Morgan fingerprint density at radius 1 is 1.12 bits per heavy atom. The van der Waals surface area contributed by atoms with Crippen LogP contribution in [-0.4, -0.2) is 8.42 Å². The number of anilines is 1. The molecule has 0 amide bonds. The molecule has 1 aliphatic rings. The largest absolute Gasteiger partial charge is 0.461 e. The minimum atomic E-state index is -3.58. The molecule has 4 nitrogen and oxygen atoms in total. The van der Waals surface area contributed by atoms with Crippen molar-refractivity contribution < 1.29 is 12.8 Å². The molecule has 0 aliphatic heterocycles. The van der Waals surface area contributed by atoms with E-state index in [2.05, 4.69) is 11.6 Å². The van der Waals surface area contributed by atoms with E-state index < -0.39 is 10.0 Å². The molecule has 0 fully saturated rings. The first-order valence-electron chi connectivity index (χ1n) is 8.15. The monoisotopic (exact) mass is 341 g/mol. The van der Waals surface area contributed by atoms with Crippen molar-refractivity contribution in [2.24, 2.45) is 5.92 Å². The van der Waals surface area contributed by atoms with Gasteiger partial charge in [0.2, 0.25) is 0 Å². The molecular weight excluding hydrogens is 322 g/mol. The van der Waals surface area contributed by atoms with E-state index in [9.17, 15) is 8.42 Å². The van der Waals surface area contributed by atoms with Crippen molar-refractivity contribution in [2.45, 2.75) is 31.1 Å². The zero-order valence-corrected chi connectivity index (χ0v) is 14.3. The first-order chi connectivity index (χ1) is 11.5. The molecule has 0 saturated carbocycles. The number of hydrogen-bond donors (Lipinski definition) is 1. The number of hydrogen-bond acceptors (Lipinski definition) is 3. The highest BCUT2D eigenvalue weighted by atomic mass is 32.2. The molecule has 1 aromatic heterocycles. The van der Waals surface area contributed by atoms with Crippen LogP contribution in [-0.2, 0) is 22.9 Å². The quantitative estimate of drug-likeness (QED) is 0.770. The number of benzene rings is 2. The second-order valence-corrected chi connectivity index (χ2v) is 8.16. The minimum Gasteiger partial charge on any atom is -0.461 e. The first-order valence-corrected chi connectivity index (χ1v) is 9.63. The van der Waals surface area contributed by atoms with E-state index in [1.54, 1.807) is 36.4 Å². The summed E-state index contributed by atoms with van der Waals surface area (Å²) < 4.78 is 33.6. The Kier molecular flexibility index (Phi) is 3.61. The van der Waals surface area contributed by atoms with Crippen LogP contribution >= 0.6 is 0 Å². The average molecular weight is 341 g/mol. The van der Waals surface area contributed by atoms with E-state index >= 15 is 0 Å². The van der Waals surface area contributed by atoms with Gasteiger partial charge < -0.3 is 4.42 Å². The summed E-state index contributed by atoms with van der Waals surface area (Å²) in [6.45, 7) is 2.23. The van der Waals surface area contributed by atoms with Gasteiger partial charge in [-0.3, -0.25) is 4.72 Å². The van der Waals surface area contributed by atoms with Crippen molar-refractivity contribution in [3.63, 3.8) is 0 Å². The van der Waals surface area contributed by atoms with Crippen molar-refractivity contribution in [1.29, 1.82) is 0 Å². The maximum absolute atomic E-state index is 12.5. The number of furan rings is 1. The molecule has 1 unspecified atom stereocenters. The van der Waals surface area contributed by atoms with E-state index in [1.807, 2.05) is 12.1 Å². The molecule has 0 spiro atoms. The summed E-state index contributed by atoms with van der Waals surface area (Å²) in [4.78, 5) is 0.258. The normalized spacial score (nSPS) is 17.6. The van der Waals surface area contributed by atoms with Crippen molar-refractivity contribution in [1.82, 2.24) is 0 Å². The molecule has 4 rings (SSSR count). The third-order valence-corrected chi connectivity index (χ3v) is 6.00. The lowest BCUT2D eigenvalue weighted by atomic mass is 9.88. The van der Waals surface area contributed by atoms with Crippen LogP contribution in [0, 0.1) is 5.92 Å². The summed E-state index contributed by atoms with van der Waals surface area (Å²) in [6.07, 6.45) is 3.08. The predicted molar refractivity (Wildman–Crippen MR) is 94.7 cm³/mol. The highest BCUT2D eigenvalue weighted by Gasteiger charge is 2.22. The molecule has 0 radical (unpaired) electrons. The lowest BCUT2D eigenvalue weighted by Gasteiger charge is -2.16. The zero-order chi connectivity index (χ0) is 16.7. The molecule has 2 aromatic carbocycles. The maximum atomic E-state index is 12.5. The van der Waals surface area contributed by atoms with Gasteiger partial charge in [0.05, 0.1) is 4.90 Å². The van der Waals surface area contributed by atoms with Crippen LogP contribution in [0.2, 0.25) is 0 Å². The van der Waals surface area contributed by atoms with E-state index in [-0.39, 0.29) is 4.90 Å². The topological polar surface area (TPSA) is 59.3 Å². The van der Waals surface area contributed by atoms with Gasteiger partial charge in [0.15, 0.2) is 0 Å². The highest BCUT2D eigenvalue weighted by molar-refractivity contribution is 7.92. The standard InChI is InChI=1S/C19H19NO3S/c1-13-7-9-16-17-12-14(8-10-18(17)23-19(16)11-13)20-24(21,22)15-5-3-2-4-6-15/h2-6,8,10,12-13,20H,7,9,11H2,1H3. The second-order valence-electron chi connectivity index (χ2n) is 6.48. The van der Waals surface area contributed by atoms with Gasteiger partial charge in [-0.05, 0) is 49.1 Å². The summed E-state index contributed by atoms with van der Waals surface area (Å²) in [7, 11) is -3.58. The molecule has 24 heavy (non-hydrogen) atoms. The number of nitrogens with one attached hydrogen (secondary N) is 1. The van der Waals surface area contributed by atoms with E-state index in [1.165, 1.54) is 5.56 Å². The van der Waals surface area contributed by atoms with E-state index in [0.717, 1.165) is 36.0 Å². The van der Waals surface area contributed by atoms with Gasteiger partial charge >= 0.3 is 0 Å². The summed E-state index contributed by atoms with van der Waals surface area (Å²) in [5.41, 5.74) is 2.62. The van der Waals surface area contributed by atoms with E-state index in [4.69, 9.17) is 4.42 Å². The van der Waals surface area contributed by atoms with Crippen LogP contribution in [0.25, 0.3) is 11.0 Å². The Morgan fingerprint density at radius 3 is 2.71 bits per heavy atom. The van der Waals surface area contributed by atoms with Crippen LogP contribution < -0.4 is 4.72 Å². The number of sulfonamides is 1. The highest BCUT2D eigenvalue weighted by Crippen LogP contribution is 2.35. The average Bonchev–Trinajstić information content (AvgIpc) is 2.92. The third kappa shape index (κ3) is 2.69. The van der Waals surface area contributed by atoms with Gasteiger partial charge in [0.25, 0.3) is 10.0 Å². The summed E-state index contributed by atoms with van der Waals surface area (Å²) >= 11 is 0. The van der Waals surface area contributed by atoms with Crippen LogP contribution in [0.1, 0.15) is 24.7 Å². The third-order valence-electron chi connectivity index (χ3n) is 4.60. The molecule has 0 saturated heterocycles. The van der Waals surface area contributed by atoms with Crippen LogP contribution in [0.5, 0.6) is 0 Å². The number of rotatable bonds is 3. The fourth-order valence-electron chi connectivity index (χ4n) is 3.32. The Labute approximate surface area is 141 Å². The maximum Gasteiger partial charge on any atom is 0.261 e. The lowest BCUT2D eigenvalue weighted by Crippen LogP contribution is -2.12. The van der Waals surface area contributed by atoms with Crippen LogP contribution in [0.3, 0.4) is 0 Å². The van der Waals surface area contributed by atoms with Crippen molar-refractivity contribution in [2.75, 3.05) is 4.72 Å². The Morgan fingerprint density at radius 2 is 1.92 bits per heavy atom. The van der Waals surface area contributed by atoms with Gasteiger partial charge in [0.1, 0.15) is 11.3 Å². The molecule has 0 bridgehead atoms. The summed E-state index contributed by atoms with van der Waals surface area (Å²) in [5, 5.41) is 1.02. The fraction of sp³-hybridized carbons (Fsp3) is 0.263. The molecule has 1 aliphatic carbocycles. The molecule has 1 atom stereocenters. The molecule has 124 valence electrons. The van der Waals surface area contributed by atoms with Crippen molar-refractivity contribution in [3.8, 4) is 0 Å². The smallest absolute Gasteiger partial charge is 0.261 e. The zero-order valence-electron chi connectivity index (χ0n) is 13.5. The fourth-order valence-corrected chi connectivity index (χ4v) is 4.40. The molecule has 1 N–H and O–H groups in total. The Balaban J connectivity index is 1.71. The van der Waals surface area contributed by atoms with Crippen molar-refractivity contribution in [3.05, 3.63) is 59.9 Å². The molecule has 5 heteroatoms. The van der Waals surface area contributed by atoms with Gasteiger partial charge in [-0.15, -0.1) is 0 Å².